The third kappa shape index (κ3) is 3.41. The van der Waals surface area contributed by atoms with Gasteiger partial charge < -0.3 is 4.57 Å². The Bertz CT molecular complexity index is 1470. The molecule has 2 aromatic carbocycles. The van der Waals surface area contributed by atoms with Gasteiger partial charge in [0.2, 0.25) is 10.0 Å². The van der Waals surface area contributed by atoms with E-state index in [9.17, 15) is 8.42 Å². The highest BCUT2D eigenvalue weighted by atomic mass is 32.2. The number of benzene rings is 2. The summed E-state index contributed by atoms with van der Waals surface area (Å²) in [4.78, 5) is 9.11. The van der Waals surface area contributed by atoms with Gasteiger partial charge in [0.05, 0.1) is 35.0 Å². The van der Waals surface area contributed by atoms with E-state index in [2.05, 4.69) is 29.3 Å². The standard InChI is InChI=1S/C24H22N4O2S/c1-27-15-26-23-9-7-17(13-24(23)27)20-8-10-22-21(20)12-18(14-25-22)16-5-4-6-19(11-16)28(2)31(3,29)30/h4-9,11-15H,10H2,1-3H3. The van der Waals surface area contributed by atoms with E-state index in [0.717, 1.165) is 51.0 Å². The van der Waals surface area contributed by atoms with Gasteiger partial charge in [-0.3, -0.25) is 9.29 Å². The van der Waals surface area contributed by atoms with Gasteiger partial charge in [-0.2, -0.15) is 0 Å². The molecule has 2 aromatic heterocycles. The topological polar surface area (TPSA) is 68.1 Å². The molecule has 1 aliphatic rings. The van der Waals surface area contributed by atoms with Crippen molar-refractivity contribution in [1.82, 2.24) is 14.5 Å². The number of aromatic nitrogens is 3. The third-order valence-electron chi connectivity index (χ3n) is 5.84. The molecule has 0 aliphatic heterocycles. The van der Waals surface area contributed by atoms with Crippen LogP contribution in [0.4, 0.5) is 5.69 Å². The molecule has 31 heavy (non-hydrogen) atoms. The molecule has 0 N–H and O–H groups in total. The summed E-state index contributed by atoms with van der Waals surface area (Å²) < 4.78 is 27.2. The van der Waals surface area contributed by atoms with Crippen LogP contribution in [0.1, 0.15) is 16.8 Å². The average molecular weight is 431 g/mol. The van der Waals surface area contributed by atoms with Crippen LogP contribution in [0.2, 0.25) is 0 Å². The van der Waals surface area contributed by atoms with Crippen LogP contribution >= 0.6 is 0 Å². The van der Waals surface area contributed by atoms with E-state index in [1.165, 1.54) is 10.6 Å². The minimum absolute atomic E-state index is 0.623. The highest BCUT2D eigenvalue weighted by Gasteiger charge is 2.19. The molecule has 0 atom stereocenters. The normalized spacial score (nSPS) is 13.3. The van der Waals surface area contributed by atoms with Crippen LogP contribution in [0.25, 0.3) is 27.7 Å². The SMILES string of the molecule is CN(c1cccc(-c2cnc3c(c2)C(c2ccc4ncn(C)c4c2)=CC3)c1)S(C)(=O)=O. The zero-order valence-electron chi connectivity index (χ0n) is 17.6. The second-order valence-electron chi connectivity index (χ2n) is 7.88. The predicted molar refractivity (Wildman–Crippen MR) is 124 cm³/mol. The number of hydrogen-bond acceptors (Lipinski definition) is 4. The van der Waals surface area contributed by atoms with E-state index in [1.54, 1.807) is 13.1 Å². The number of allylic oxidation sites excluding steroid dienone is 1. The monoisotopic (exact) mass is 430 g/mol. The van der Waals surface area contributed by atoms with Gasteiger partial charge in [-0.25, -0.2) is 13.4 Å². The van der Waals surface area contributed by atoms with Crippen molar-refractivity contribution in [2.45, 2.75) is 6.42 Å². The van der Waals surface area contributed by atoms with Crippen LogP contribution < -0.4 is 4.31 Å². The first kappa shape index (κ1) is 19.5. The number of hydrogen-bond donors (Lipinski definition) is 0. The van der Waals surface area contributed by atoms with Crippen LogP contribution in [-0.2, 0) is 23.5 Å². The average Bonchev–Trinajstić information content (AvgIpc) is 3.35. The molecular formula is C24H22N4O2S. The molecule has 156 valence electrons. The van der Waals surface area contributed by atoms with Gasteiger partial charge in [-0.05, 0) is 47.0 Å². The van der Waals surface area contributed by atoms with Crippen molar-refractivity contribution in [3.8, 4) is 11.1 Å². The van der Waals surface area contributed by atoms with Crippen LogP contribution in [0.15, 0.2) is 67.1 Å². The molecule has 0 saturated carbocycles. The molecule has 5 rings (SSSR count). The molecule has 0 unspecified atom stereocenters. The Morgan fingerprint density at radius 3 is 2.65 bits per heavy atom. The molecule has 4 aromatic rings. The summed E-state index contributed by atoms with van der Waals surface area (Å²) in [5, 5.41) is 0. The fourth-order valence-electron chi connectivity index (χ4n) is 4.00. The lowest BCUT2D eigenvalue weighted by molar-refractivity contribution is 0.600. The predicted octanol–water partition coefficient (Wildman–Crippen LogP) is 4.02. The lowest BCUT2D eigenvalue weighted by Crippen LogP contribution is -2.24. The molecule has 2 heterocycles. The molecule has 0 saturated heterocycles. The van der Waals surface area contributed by atoms with Gasteiger partial charge in [0.1, 0.15) is 0 Å². The number of aryl methyl sites for hydroxylation is 1. The first-order chi connectivity index (χ1) is 14.8. The Labute approximate surface area is 181 Å². The molecule has 6 nitrogen and oxygen atoms in total. The van der Waals surface area contributed by atoms with E-state index >= 15 is 0 Å². The number of anilines is 1. The fourth-order valence-corrected chi connectivity index (χ4v) is 4.49. The van der Waals surface area contributed by atoms with Crippen molar-refractivity contribution in [2.24, 2.45) is 7.05 Å². The Morgan fingerprint density at radius 1 is 1.00 bits per heavy atom. The Balaban J connectivity index is 1.56. The maximum absolute atomic E-state index is 11.9. The van der Waals surface area contributed by atoms with Crippen molar-refractivity contribution in [1.29, 1.82) is 0 Å². The summed E-state index contributed by atoms with van der Waals surface area (Å²) in [6.45, 7) is 0. The minimum atomic E-state index is -3.32. The highest BCUT2D eigenvalue weighted by Crippen LogP contribution is 2.36. The Morgan fingerprint density at radius 2 is 1.84 bits per heavy atom. The maximum Gasteiger partial charge on any atom is 0.231 e. The molecule has 0 spiro atoms. The summed E-state index contributed by atoms with van der Waals surface area (Å²) in [5.41, 5.74) is 9.04. The van der Waals surface area contributed by atoms with Gasteiger partial charge in [0, 0.05) is 37.8 Å². The molecular weight excluding hydrogens is 408 g/mol. The summed E-state index contributed by atoms with van der Waals surface area (Å²) in [7, 11) is 0.232. The van der Waals surface area contributed by atoms with Crippen LogP contribution in [0, 0.1) is 0 Å². The molecule has 0 bridgehead atoms. The first-order valence-corrected chi connectivity index (χ1v) is 11.8. The Kier molecular flexibility index (Phi) is 4.44. The van der Waals surface area contributed by atoms with Gasteiger partial charge in [-0.1, -0.05) is 24.3 Å². The summed E-state index contributed by atoms with van der Waals surface area (Å²) >= 11 is 0. The summed E-state index contributed by atoms with van der Waals surface area (Å²) in [6.07, 6.45) is 7.90. The number of fused-ring (bicyclic) bond motifs is 2. The molecule has 0 amide bonds. The van der Waals surface area contributed by atoms with E-state index in [1.807, 2.05) is 48.4 Å². The third-order valence-corrected chi connectivity index (χ3v) is 7.04. The van der Waals surface area contributed by atoms with E-state index in [0.29, 0.717) is 5.69 Å². The molecule has 1 aliphatic carbocycles. The van der Waals surface area contributed by atoms with Gasteiger partial charge in [0.25, 0.3) is 0 Å². The number of pyridine rings is 1. The van der Waals surface area contributed by atoms with Gasteiger partial charge in [-0.15, -0.1) is 0 Å². The van der Waals surface area contributed by atoms with Crippen molar-refractivity contribution >= 4 is 32.3 Å². The van der Waals surface area contributed by atoms with Gasteiger partial charge >= 0.3 is 0 Å². The molecule has 0 radical (unpaired) electrons. The lowest BCUT2D eigenvalue weighted by Gasteiger charge is -2.17. The van der Waals surface area contributed by atoms with Gasteiger partial charge in [0.15, 0.2) is 0 Å². The lowest BCUT2D eigenvalue weighted by atomic mass is 9.97. The zero-order chi connectivity index (χ0) is 21.8. The maximum atomic E-state index is 11.9. The van der Waals surface area contributed by atoms with Crippen molar-refractivity contribution in [2.75, 3.05) is 17.6 Å². The second kappa shape index (κ2) is 7.06. The van der Waals surface area contributed by atoms with Crippen molar-refractivity contribution in [3.05, 3.63) is 84.0 Å². The van der Waals surface area contributed by atoms with Crippen molar-refractivity contribution < 1.29 is 8.42 Å². The fraction of sp³-hybridized carbons (Fsp3) is 0.167. The van der Waals surface area contributed by atoms with E-state index < -0.39 is 10.0 Å². The molecule has 7 heteroatoms. The number of nitrogens with zero attached hydrogens (tertiary/aromatic N) is 4. The quantitative estimate of drug-likeness (QED) is 0.490. The largest absolute Gasteiger partial charge is 0.334 e. The number of sulfonamides is 1. The number of imidazole rings is 1. The number of rotatable bonds is 4. The van der Waals surface area contributed by atoms with Crippen molar-refractivity contribution in [3.63, 3.8) is 0 Å². The zero-order valence-corrected chi connectivity index (χ0v) is 18.4. The highest BCUT2D eigenvalue weighted by molar-refractivity contribution is 7.92. The van der Waals surface area contributed by atoms with Crippen LogP contribution in [0.3, 0.4) is 0 Å². The van der Waals surface area contributed by atoms with Crippen LogP contribution in [-0.4, -0.2) is 36.3 Å². The van der Waals surface area contributed by atoms with Crippen LogP contribution in [0.5, 0.6) is 0 Å². The minimum Gasteiger partial charge on any atom is -0.334 e. The summed E-state index contributed by atoms with van der Waals surface area (Å²) in [5.74, 6) is 0. The van der Waals surface area contributed by atoms with E-state index in [-0.39, 0.29) is 0 Å². The first-order valence-electron chi connectivity index (χ1n) is 9.96. The van der Waals surface area contributed by atoms with E-state index in [4.69, 9.17) is 4.98 Å². The molecule has 0 fully saturated rings. The Hall–Kier alpha value is -3.45. The second-order valence-corrected chi connectivity index (χ2v) is 9.89. The summed E-state index contributed by atoms with van der Waals surface area (Å²) in [6, 6.07) is 16.0. The smallest absolute Gasteiger partial charge is 0.231 e.